The molecule has 6 rings (SSSR count). The number of nitriles is 2. The number of piperazine rings is 1. The van der Waals surface area contributed by atoms with E-state index < -0.39 is 17.3 Å². The zero-order valence-corrected chi connectivity index (χ0v) is 24.6. The number of alkyl halides is 1. The summed E-state index contributed by atoms with van der Waals surface area (Å²) in [6.45, 7) is 6.65. The first-order chi connectivity index (χ1) is 21.1. The smallest absolute Gasteiger partial charge is 0.257 e. The molecular formula is C29H24B3ClFN9O. The van der Waals surface area contributed by atoms with Crippen molar-refractivity contribution < 1.29 is 9.18 Å². The highest BCUT2D eigenvalue weighted by Gasteiger charge is 2.41. The molecule has 1 aromatic carbocycles. The lowest BCUT2D eigenvalue weighted by atomic mass is 9.49. The molecule has 15 heteroatoms. The van der Waals surface area contributed by atoms with E-state index in [1.165, 1.54) is 12.4 Å². The monoisotopic (exact) mass is 601 g/mol. The molecule has 3 aromatic heterocycles. The van der Waals surface area contributed by atoms with E-state index in [0.717, 1.165) is 28.7 Å². The molecule has 6 radical (unpaired) electrons. The molecule has 2 aliphatic rings. The van der Waals surface area contributed by atoms with Gasteiger partial charge in [-0.15, -0.1) is 0 Å². The fourth-order valence-corrected chi connectivity index (χ4v) is 5.69. The van der Waals surface area contributed by atoms with Gasteiger partial charge in [-0.1, -0.05) is 17.7 Å². The zero-order valence-electron chi connectivity index (χ0n) is 23.8. The van der Waals surface area contributed by atoms with E-state index in [9.17, 15) is 14.4 Å². The number of halogens is 2. The van der Waals surface area contributed by atoms with Gasteiger partial charge in [0.2, 0.25) is 0 Å². The third-order valence-corrected chi connectivity index (χ3v) is 7.94. The van der Waals surface area contributed by atoms with Crippen molar-refractivity contribution in [2.45, 2.75) is 37.2 Å². The SMILES string of the molecule is C#N.[B]C([B])([B])n1nc(-c2ccc(-c3cncc(Cl)c3)c3c(N4CCN(C(=O)C(F)C5CC5)C(C)C4)ncnc23)cc1C#N. The van der Waals surface area contributed by atoms with Crippen LogP contribution in [0.15, 0.2) is 43.0 Å². The van der Waals surface area contributed by atoms with E-state index in [2.05, 4.69) is 31.5 Å². The topological polar surface area (TPSA) is 128 Å². The second-order valence-electron chi connectivity index (χ2n) is 10.9. The summed E-state index contributed by atoms with van der Waals surface area (Å²) >= 11 is 6.31. The average Bonchev–Trinajstić information content (AvgIpc) is 3.77. The fourth-order valence-electron chi connectivity index (χ4n) is 5.52. The number of aromatic nitrogens is 5. The van der Waals surface area contributed by atoms with Crippen LogP contribution in [-0.4, -0.2) is 90.9 Å². The lowest BCUT2D eigenvalue weighted by molar-refractivity contribution is -0.139. The Kier molecular flexibility index (Phi) is 8.67. The number of fused-ring (bicyclic) bond motifs is 1. The second-order valence-corrected chi connectivity index (χ2v) is 11.3. The summed E-state index contributed by atoms with van der Waals surface area (Å²) in [5.74, 6) is 0.0270. The Morgan fingerprint density at radius 2 is 1.89 bits per heavy atom. The summed E-state index contributed by atoms with van der Waals surface area (Å²) in [7, 11) is 17.6. The van der Waals surface area contributed by atoms with Crippen LogP contribution in [0.3, 0.4) is 0 Å². The molecule has 10 nitrogen and oxygen atoms in total. The Balaban J connectivity index is 0.00000188. The standard InChI is InChI=1S/C28H23B3ClFN8O.CHN/c1-15-13-39(6-7-40(15)27(42)24(33)16-2-3-16)26-23-20(17-8-18(32)12-35-11-17)4-5-21(25(23)36-14-37-26)22-9-19(10-34)41(38-22)28(29,30)31;1-2/h4-5,8-9,11-12,14-16,24H,2-3,6-7,13H2,1H3;1H. The highest BCUT2D eigenvalue weighted by molar-refractivity contribution is 6.56. The van der Waals surface area contributed by atoms with Crippen LogP contribution in [0.2, 0.25) is 5.02 Å². The lowest BCUT2D eigenvalue weighted by Crippen LogP contribution is -2.56. The minimum absolute atomic E-state index is 0.0787. The first kappa shape index (κ1) is 31.0. The third-order valence-electron chi connectivity index (χ3n) is 7.73. The Morgan fingerprint density at radius 3 is 2.50 bits per heavy atom. The first-order valence-electron chi connectivity index (χ1n) is 13.8. The minimum atomic E-state index is -1.89. The van der Waals surface area contributed by atoms with E-state index in [4.69, 9.17) is 40.4 Å². The molecule has 2 fully saturated rings. The largest absolute Gasteiger partial charge is 0.352 e. The van der Waals surface area contributed by atoms with E-state index >= 15 is 0 Å². The number of carbonyl (C=O) groups excluding carboxylic acids is 1. The van der Waals surface area contributed by atoms with Gasteiger partial charge in [-0.25, -0.2) is 19.6 Å². The zero-order chi connectivity index (χ0) is 31.8. The van der Waals surface area contributed by atoms with Crippen LogP contribution in [0.5, 0.6) is 0 Å². The van der Waals surface area contributed by atoms with E-state index in [1.54, 1.807) is 23.4 Å². The van der Waals surface area contributed by atoms with Crippen LogP contribution in [0.25, 0.3) is 33.3 Å². The van der Waals surface area contributed by atoms with Gasteiger partial charge in [0.05, 0.1) is 45.2 Å². The van der Waals surface area contributed by atoms with Crippen LogP contribution >= 0.6 is 11.6 Å². The highest BCUT2D eigenvalue weighted by Crippen LogP contribution is 2.40. The summed E-state index contributed by atoms with van der Waals surface area (Å²) < 4.78 is 15.7. The van der Waals surface area contributed by atoms with Gasteiger partial charge in [-0.2, -0.15) is 10.4 Å². The number of amides is 1. The van der Waals surface area contributed by atoms with Crippen molar-refractivity contribution in [1.82, 2.24) is 29.6 Å². The van der Waals surface area contributed by atoms with Crippen LogP contribution < -0.4 is 4.90 Å². The van der Waals surface area contributed by atoms with Crippen molar-refractivity contribution in [2.75, 3.05) is 24.5 Å². The number of carbonyl (C=O) groups is 1. The Labute approximate surface area is 263 Å². The number of hydrogen-bond acceptors (Lipinski definition) is 8. The number of rotatable bonds is 6. The Hall–Kier alpha value is -4.42. The van der Waals surface area contributed by atoms with Gasteiger partial charge < -0.3 is 9.80 Å². The molecule has 1 saturated carbocycles. The van der Waals surface area contributed by atoms with Gasteiger partial charge in [-0.05, 0) is 48.6 Å². The molecule has 1 amide bonds. The maximum absolute atomic E-state index is 14.7. The molecule has 0 spiro atoms. The maximum Gasteiger partial charge on any atom is 0.257 e. The quantitative estimate of drug-likeness (QED) is 0.309. The summed E-state index contributed by atoms with van der Waals surface area (Å²) in [4.78, 5) is 30.1. The van der Waals surface area contributed by atoms with Gasteiger partial charge in [0, 0.05) is 61.8 Å². The number of anilines is 1. The van der Waals surface area contributed by atoms with Crippen molar-refractivity contribution in [3.8, 4) is 35.0 Å². The average molecular weight is 601 g/mol. The number of nitrogens with zero attached hydrogens (tertiary/aromatic N) is 9. The highest BCUT2D eigenvalue weighted by atomic mass is 35.5. The fraction of sp³-hybridized carbons (Fsp3) is 0.345. The lowest BCUT2D eigenvalue weighted by Gasteiger charge is -2.41. The molecule has 4 aromatic rings. The molecule has 1 aliphatic heterocycles. The molecular weight excluding hydrogens is 577 g/mol. The van der Waals surface area contributed by atoms with Crippen LogP contribution in [0.4, 0.5) is 10.2 Å². The third kappa shape index (κ3) is 5.87. The van der Waals surface area contributed by atoms with Crippen molar-refractivity contribution in [3.05, 3.63) is 53.7 Å². The molecule has 1 saturated heterocycles. The van der Waals surface area contributed by atoms with Crippen molar-refractivity contribution in [1.29, 1.82) is 10.5 Å². The van der Waals surface area contributed by atoms with Crippen molar-refractivity contribution in [3.63, 3.8) is 0 Å². The van der Waals surface area contributed by atoms with Gasteiger partial charge >= 0.3 is 0 Å². The second kappa shape index (κ2) is 12.3. The van der Waals surface area contributed by atoms with Gasteiger partial charge in [0.1, 0.15) is 23.9 Å². The van der Waals surface area contributed by atoms with Crippen LogP contribution in [-0.2, 0) is 10.0 Å². The number of hydrogen-bond donors (Lipinski definition) is 0. The molecule has 2 unspecified atom stereocenters. The number of pyridine rings is 1. The number of benzene rings is 1. The van der Waals surface area contributed by atoms with Crippen LogP contribution in [0, 0.1) is 29.1 Å². The predicted octanol–water partition coefficient (Wildman–Crippen LogP) is 3.08. The predicted molar refractivity (Wildman–Crippen MR) is 167 cm³/mol. The molecule has 0 N–H and O–H groups in total. The van der Waals surface area contributed by atoms with Crippen molar-refractivity contribution >= 4 is 57.8 Å². The summed E-state index contributed by atoms with van der Waals surface area (Å²) in [6, 6.07) is 8.83. The minimum Gasteiger partial charge on any atom is -0.352 e. The molecule has 214 valence electrons. The van der Waals surface area contributed by atoms with Crippen LogP contribution in [0.1, 0.15) is 25.5 Å². The van der Waals surface area contributed by atoms with E-state index in [-0.39, 0.29) is 17.7 Å². The summed E-state index contributed by atoms with van der Waals surface area (Å²) in [5, 5.41) is 19.9. The molecule has 44 heavy (non-hydrogen) atoms. The van der Waals surface area contributed by atoms with Gasteiger partial charge in [0.25, 0.3) is 5.91 Å². The Morgan fingerprint density at radius 1 is 1.16 bits per heavy atom. The summed E-state index contributed by atoms with van der Waals surface area (Å²) in [6.07, 6.45) is 4.77. The van der Waals surface area contributed by atoms with Gasteiger partial charge in [-0.3, -0.25) is 14.5 Å². The summed E-state index contributed by atoms with van der Waals surface area (Å²) in [5.41, 5.74) is 3.13. The molecule has 1 aliphatic carbocycles. The van der Waals surface area contributed by atoms with E-state index in [0.29, 0.717) is 52.6 Å². The normalized spacial score (nSPS) is 17.4. The van der Waals surface area contributed by atoms with Gasteiger partial charge in [0.15, 0.2) is 6.17 Å². The molecule has 4 heterocycles. The molecule has 0 bridgehead atoms. The maximum atomic E-state index is 14.7. The molecule has 2 atom stereocenters. The Bertz CT molecular complexity index is 1780. The van der Waals surface area contributed by atoms with Crippen molar-refractivity contribution in [2.24, 2.45) is 5.92 Å². The van der Waals surface area contributed by atoms with E-state index in [1.807, 2.05) is 25.1 Å². The first-order valence-corrected chi connectivity index (χ1v) is 14.2.